The highest BCUT2D eigenvalue weighted by Crippen LogP contribution is 2.28. The molecule has 118 valence electrons. The second-order valence-corrected chi connectivity index (χ2v) is 9.65. The Hall–Kier alpha value is -0.480. The smallest absolute Gasteiger partial charge is 0.244 e. The minimum absolute atomic E-state index is 0.0888. The van der Waals surface area contributed by atoms with Crippen molar-refractivity contribution in [1.82, 2.24) is 9.62 Å². The van der Waals surface area contributed by atoms with Gasteiger partial charge in [0.15, 0.2) is 9.84 Å². The number of nitrogens with one attached hydrogen (secondary N) is 1. The summed E-state index contributed by atoms with van der Waals surface area (Å²) in [5.74, 6) is 0. The van der Waals surface area contributed by atoms with Crippen LogP contribution in [0.5, 0.6) is 0 Å². The van der Waals surface area contributed by atoms with Crippen molar-refractivity contribution in [1.29, 1.82) is 0 Å². The zero-order valence-corrected chi connectivity index (χ0v) is 14.8. The molecule has 0 spiro atoms. The lowest BCUT2D eigenvalue weighted by molar-refractivity contribution is 0.431. The standard InChI is InChI=1S/C12H17BrN2O4S2/c1-20(16,17)10-3-4-12(11(13)9-10)21(18,19)15-7-2-5-14-6-8-15/h3-4,9,14H,2,5-8H2,1H3. The van der Waals surface area contributed by atoms with Crippen LogP contribution in [0.3, 0.4) is 0 Å². The Bertz CT molecular complexity index is 724. The molecule has 1 N–H and O–H groups in total. The van der Waals surface area contributed by atoms with Crippen molar-refractivity contribution >= 4 is 35.8 Å². The Kier molecular flexibility index (Phi) is 5.09. The highest BCUT2D eigenvalue weighted by molar-refractivity contribution is 9.10. The van der Waals surface area contributed by atoms with Gasteiger partial charge in [0.2, 0.25) is 10.0 Å². The Morgan fingerprint density at radius 2 is 1.86 bits per heavy atom. The molecular formula is C12H17BrN2O4S2. The number of hydrogen-bond donors (Lipinski definition) is 1. The fourth-order valence-electron chi connectivity index (χ4n) is 2.12. The van der Waals surface area contributed by atoms with Crippen molar-refractivity contribution in [2.45, 2.75) is 16.2 Å². The van der Waals surface area contributed by atoms with Gasteiger partial charge in [-0.2, -0.15) is 4.31 Å². The maximum atomic E-state index is 12.6. The van der Waals surface area contributed by atoms with Crippen molar-refractivity contribution in [2.75, 3.05) is 32.4 Å². The Morgan fingerprint density at radius 3 is 2.48 bits per heavy atom. The predicted molar refractivity (Wildman–Crippen MR) is 83.5 cm³/mol. The van der Waals surface area contributed by atoms with Crippen LogP contribution in [0.2, 0.25) is 0 Å². The molecule has 0 aliphatic carbocycles. The summed E-state index contributed by atoms with van der Waals surface area (Å²) in [7, 11) is -6.99. The number of benzene rings is 1. The second kappa shape index (κ2) is 6.33. The molecule has 1 aromatic rings. The van der Waals surface area contributed by atoms with Crippen molar-refractivity contribution < 1.29 is 16.8 Å². The average Bonchev–Trinajstić information content (AvgIpc) is 2.66. The normalized spacial score (nSPS) is 18.4. The minimum atomic E-state index is -3.63. The van der Waals surface area contributed by atoms with Crippen LogP contribution in [0.15, 0.2) is 32.5 Å². The van der Waals surface area contributed by atoms with Crippen LogP contribution in [0, 0.1) is 0 Å². The third-order valence-electron chi connectivity index (χ3n) is 3.25. The molecule has 1 aliphatic rings. The fourth-order valence-corrected chi connectivity index (χ4v) is 5.44. The number of sulfone groups is 1. The average molecular weight is 397 g/mol. The molecule has 1 aromatic carbocycles. The number of nitrogens with zero attached hydrogens (tertiary/aromatic N) is 1. The lowest BCUT2D eigenvalue weighted by atomic mass is 10.4. The summed E-state index contributed by atoms with van der Waals surface area (Å²) in [4.78, 5) is 0.183. The van der Waals surface area contributed by atoms with Crippen LogP contribution in [0.1, 0.15) is 6.42 Å². The lowest BCUT2D eigenvalue weighted by Crippen LogP contribution is -2.34. The first kappa shape index (κ1) is 16.9. The van der Waals surface area contributed by atoms with Gasteiger partial charge in [-0.3, -0.25) is 0 Å². The summed E-state index contributed by atoms with van der Waals surface area (Å²) >= 11 is 3.18. The molecule has 0 radical (unpaired) electrons. The van der Waals surface area contributed by atoms with Gasteiger partial charge in [-0.1, -0.05) is 0 Å². The molecule has 0 aromatic heterocycles. The van der Waals surface area contributed by atoms with Gasteiger partial charge >= 0.3 is 0 Å². The van der Waals surface area contributed by atoms with Crippen molar-refractivity contribution in [3.05, 3.63) is 22.7 Å². The SMILES string of the molecule is CS(=O)(=O)c1ccc(S(=O)(=O)N2CCCNCC2)c(Br)c1. The number of halogens is 1. The highest BCUT2D eigenvalue weighted by Gasteiger charge is 2.27. The molecule has 0 saturated carbocycles. The topological polar surface area (TPSA) is 83.5 Å². The largest absolute Gasteiger partial charge is 0.315 e. The van der Waals surface area contributed by atoms with Gasteiger partial charge in [0, 0.05) is 30.4 Å². The van der Waals surface area contributed by atoms with Gasteiger partial charge in [0.25, 0.3) is 0 Å². The molecule has 0 amide bonds. The summed E-state index contributed by atoms with van der Waals surface area (Å²) in [5, 5.41) is 3.15. The molecule has 1 heterocycles. The van der Waals surface area contributed by atoms with Crippen LogP contribution < -0.4 is 5.32 Å². The fraction of sp³-hybridized carbons (Fsp3) is 0.500. The molecule has 2 rings (SSSR count). The van der Waals surface area contributed by atoms with Crippen LogP contribution in [0.4, 0.5) is 0 Å². The molecule has 0 bridgehead atoms. The first-order chi connectivity index (χ1) is 9.73. The third kappa shape index (κ3) is 3.84. The van der Waals surface area contributed by atoms with E-state index in [4.69, 9.17) is 0 Å². The first-order valence-electron chi connectivity index (χ1n) is 6.43. The summed E-state index contributed by atoms with van der Waals surface area (Å²) < 4.78 is 50.0. The molecule has 6 nitrogen and oxygen atoms in total. The van der Waals surface area contributed by atoms with Crippen LogP contribution in [0.25, 0.3) is 0 Å². The van der Waals surface area contributed by atoms with Gasteiger partial charge in [-0.05, 0) is 47.1 Å². The Balaban J connectivity index is 2.40. The second-order valence-electron chi connectivity index (χ2n) is 4.87. The van der Waals surface area contributed by atoms with Crippen LogP contribution in [-0.2, 0) is 19.9 Å². The summed E-state index contributed by atoms with van der Waals surface area (Å²) in [6, 6.07) is 4.00. The quantitative estimate of drug-likeness (QED) is 0.817. The van der Waals surface area contributed by atoms with E-state index in [1.54, 1.807) is 0 Å². The van der Waals surface area contributed by atoms with Crippen LogP contribution in [-0.4, -0.2) is 53.6 Å². The van der Waals surface area contributed by atoms with Crippen molar-refractivity contribution in [2.24, 2.45) is 0 Å². The molecule has 1 fully saturated rings. The van der Waals surface area contributed by atoms with E-state index >= 15 is 0 Å². The lowest BCUT2D eigenvalue weighted by Gasteiger charge is -2.20. The van der Waals surface area contributed by atoms with E-state index in [9.17, 15) is 16.8 Å². The van der Waals surface area contributed by atoms with Crippen LogP contribution >= 0.6 is 15.9 Å². The maximum absolute atomic E-state index is 12.6. The van der Waals surface area contributed by atoms with E-state index in [0.717, 1.165) is 19.2 Å². The van der Waals surface area contributed by atoms with Gasteiger partial charge in [0.1, 0.15) is 0 Å². The molecule has 1 saturated heterocycles. The molecule has 9 heteroatoms. The van der Waals surface area contributed by atoms with E-state index in [-0.39, 0.29) is 14.3 Å². The number of rotatable bonds is 3. The Labute approximate surface area is 133 Å². The number of hydrogen-bond acceptors (Lipinski definition) is 5. The van der Waals surface area contributed by atoms with E-state index in [1.807, 2.05) is 0 Å². The first-order valence-corrected chi connectivity index (χ1v) is 10.6. The van der Waals surface area contributed by atoms with Gasteiger partial charge in [-0.15, -0.1) is 0 Å². The minimum Gasteiger partial charge on any atom is -0.315 e. The maximum Gasteiger partial charge on any atom is 0.244 e. The van der Waals surface area contributed by atoms with E-state index in [2.05, 4.69) is 21.2 Å². The van der Waals surface area contributed by atoms with E-state index < -0.39 is 19.9 Å². The third-order valence-corrected chi connectivity index (χ3v) is 7.23. The summed E-state index contributed by atoms with van der Waals surface area (Å²) in [6.07, 6.45) is 1.84. The summed E-state index contributed by atoms with van der Waals surface area (Å²) in [6.45, 7) is 2.26. The van der Waals surface area contributed by atoms with Gasteiger partial charge in [0.05, 0.1) is 9.79 Å². The van der Waals surface area contributed by atoms with Gasteiger partial charge < -0.3 is 5.32 Å². The molecule has 21 heavy (non-hydrogen) atoms. The zero-order valence-electron chi connectivity index (χ0n) is 11.5. The van der Waals surface area contributed by atoms with Crippen molar-refractivity contribution in [3.8, 4) is 0 Å². The molecular weight excluding hydrogens is 380 g/mol. The highest BCUT2D eigenvalue weighted by atomic mass is 79.9. The molecule has 0 unspecified atom stereocenters. The molecule has 1 aliphatic heterocycles. The molecule has 0 atom stereocenters. The summed E-state index contributed by atoms with van der Waals surface area (Å²) in [5.41, 5.74) is 0. The predicted octanol–water partition coefficient (Wildman–Crippen LogP) is 0.837. The number of sulfonamides is 1. The van der Waals surface area contributed by atoms with Crippen molar-refractivity contribution in [3.63, 3.8) is 0 Å². The Morgan fingerprint density at radius 1 is 1.14 bits per heavy atom. The monoisotopic (exact) mass is 396 g/mol. The van der Waals surface area contributed by atoms with E-state index in [0.29, 0.717) is 19.6 Å². The van der Waals surface area contributed by atoms with Gasteiger partial charge in [-0.25, -0.2) is 16.8 Å². The van der Waals surface area contributed by atoms with E-state index in [1.165, 1.54) is 22.5 Å². The zero-order chi connectivity index (χ0) is 15.7.